The lowest BCUT2D eigenvalue weighted by molar-refractivity contribution is -0.156. The number of benzene rings is 3. The van der Waals surface area contributed by atoms with Crippen LogP contribution in [-0.2, 0) is 29.1 Å². The summed E-state index contributed by atoms with van der Waals surface area (Å²) >= 11 is 6.25. The number of urea groups is 1. The van der Waals surface area contributed by atoms with Crippen LogP contribution in [0.5, 0.6) is 11.5 Å². The van der Waals surface area contributed by atoms with Crippen LogP contribution in [0.4, 0.5) is 16.3 Å². The van der Waals surface area contributed by atoms with E-state index < -0.39 is 29.9 Å². The molecule has 5 aromatic rings. The maximum Gasteiger partial charge on any atom is 0.325 e. The van der Waals surface area contributed by atoms with Gasteiger partial charge in [0.1, 0.15) is 23.4 Å². The third kappa shape index (κ3) is 8.64. The molecule has 1 unspecified atom stereocenters. The van der Waals surface area contributed by atoms with Crippen LogP contribution in [0.15, 0.2) is 116 Å². The number of methoxy groups -OCH3 is 2. The number of carbonyl (C=O) groups is 3. The molecule has 11 nitrogen and oxygen atoms in total. The third-order valence-corrected chi connectivity index (χ3v) is 9.91. The minimum atomic E-state index is -1.04. The van der Waals surface area contributed by atoms with Gasteiger partial charge in [-0.25, -0.2) is 9.78 Å². The number of rotatable bonds is 14. The van der Waals surface area contributed by atoms with Gasteiger partial charge >= 0.3 is 6.03 Å². The maximum atomic E-state index is 14.2. The summed E-state index contributed by atoms with van der Waals surface area (Å²) in [6.07, 6.45) is 5.67. The SMILES string of the molecule is CCC(NC(=O)N1C(=O)[C@H](Cc2ccnc(N(Cc3ccc(OC)cc3)Cc3ccc(OC)cc3)c2)[C@H]1C(=O)N(C)c1ccncc1)c1cccc(Cl)c1. The number of ether oxygens (including phenoxy) is 2. The smallest absolute Gasteiger partial charge is 0.325 e. The number of likely N-dealkylation sites (N-methyl/N-ethyl adjacent to an activating group) is 1. The van der Waals surface area contributed by atoms with Gasteiger partial charge in [-0.15, -0.1) is 0 Å². The molecule has 0 aliphatic carbocycles. The van der Waals surface area contributed by atoms with E-state index in [1.165, 1.54) is 4.90 Å². The largest absolute Gasteiger partial charge is 0.497 e. The standard InChI is InChI=1S/C42H43ClN6O5/c1-5-37(31-7-6-8-32(43)25-31)46-42(52)49-39(41(51)47(2)33-18-20-44-21-19-33)36(40(49)50)23-30-17-22-45-38(24-30)48(26-28-9-13-34(53-3)14-10-28)27-29-11-15-35(54-4)16-12-29/h6-22,24-25,36-37,39H,5,23,26-27H2,1-4H3,(H,46,52)/t36-,37?,39+/m1/s1. The summed E-state index contributed by atoms with van der Waals surface area (Å²) in [7, 11) is 4.91. The summed E-state index contributed by atoms with van der Waals surface area (Å²) in [6.45, 7) is 3.03. The summed E-state index contributed by atoms with van der Waals surface area (Å²) in [4.78, 5) is 55.5. The third-order valence-electron chi connectivity index (χ3n) is 9.68. The topological polar surface area (TPSA) is 117 Å². The zero-order valence-electron chi connectivity index (χ0n) is 30.7. The lowest BCUT2D eigenvalue weighted by Crippen LogP contribution is -2.70. The minimum absolute atomic E-state index is 0.225. The zero-order chi connectivity index (χ0) is 38.2. The maximum absolute atomic E-state index is 14.2. The highest BCUT2D eigenvalue weighted by atomic mass is 35.5. The van der Waals surface area contributed by atoms with Gasteiger partial charge in [0.05, 0.1) is 26.2 Å². The molecule has 1 aliphatic heterocycles. The second-order valence-electron chi connectivity index (χ2n) is 13.1. The number of imide groups is 1. The Hall–Kier alpha value is -5.94. The van der Waals surface area contributed by atoms with Crippen molar-refractivity contribution in [2.24, 2.45) is 5.92 Å². The van der Waals surface area contributed by atoms with Crippen molar-refractivity contribution < 1.29 is 23.9 Å². The normalized spacial score (nSPS) is 15.5. The molecule has 278 valence electrons. The second kappa shape index (κ2) is 17.3. The van der Waals surface area contributed by atoms with E-state index in [2.05, 4.69) is 15.2 Å². The molecule has 2 aromatic heterocycles. The van der Waals surface area contributed by atoms with Gasteiger partial charge in [-0.05, 0) is 95.8 Å². The molecule has 0 radical (unpaired) electrons. The fourth-order valence-electron chi connectivity index (χ4n) is 6.65. The van der Waals surface area contributed by atoms with Crippen molar-refractivity contribution in [3.05, 3.63) is 143 Å². The number of hydrogen-bond acceptors (Lipinski definition) is 8. The lowest BCUT2D eigenvalue weighted by Gasteiger charge is -2.46. The van der Waals surface area contributed by atoms with Crippen LogP contribution in [0.2, 0.25) is 5.02 Å². The van der Waals surface area contributed by atoms with Crippen molar-refractivity contribution in [1.82, 2.24) is 20.2 Å². The molecule has 1 aliphatic rings. The summed E-state index contributed by atoms with van der Waals surface area (Å²) in [6, 6.07) is 28.1. The molecule has 3 heterocycles. The highest BCUT2D eigenvalue weighted by Crippen LogP contribution is 2.34. The van der Waals surface area contributed by atoms with Crippen molar-refractivity contribution in [3.63, 3.8) is 0 Å². The molecular formula is C42H43ClN6O5. The molecule has 3 atom stereocenters. The van der Waals surface area contributed by atoms with Crippen LogP contribution in [0, 0.1) is 5.92 Å². The first-order valence-corrected chi connectivity index (χ1v) is 18.1. The summed E-state index contributed by atoms with van der Waals surface area (Å²) in [5.74, 6) is 0.632. The van der Waals surface area contributed by atoms with Crippen LogP contribution in [0.3, 0.4) is 0 Å². The predicted molar refractivity (Wildman–Crippen MR) is 209 cm³/mol. The van der Waals surface area contributed by atoms with Gasteiger partial charge in [0.25, 0.3) is 5.91 Å². The Morgan fingerprint density at radius 2 is 1.48 bits per heavy atom. The number of halogens is 1. The number of pyridine rings is 2. The average Bonchev–Trinajstić information content (AvgIpc) is 3.21. The first-order chi connectivity index (χ1) is 26.2. The van der Waals surface area contributed by atoms with Crippen molar-refractivity contribution in [3.8, 4) is 11.5 Å². The van der Waals surface area contributed by atoms with Crippen LogP contribution >= 0.6 is 11.6 Å². The molecule has 1 saturated heterocycles. The number of likely N-dealkylation sites (tertiary alicyclic amines) is 1. The Morgan fingerprint density at radius 1 is 0.852 bits per heavy atom. The molecule has 1 N–H and O–H groups in total. The fourth-order valence-corrected chi connectivity index (χ4v) is 6.85. The monoisotopic (exact) mass is 746 g/mol. The number of nitrogens with one attached hydrogen (secondary N) is 1. The molecule has 6 rings (SSSR count). The van der Waals surface area contributed by atoms with Gasteiger partial charge in [0.2, 0.25) is 5.91 Å². The lowest BCUT2D eigenvalue weighted by atomic mass is 9.81. The quantitative estimate of drug-likeness (QED) is 0.118. The number of hydrogen-bond donors (Lipinski definition) is 1. The molecule has 1 fully saturated rings. The number of amides is 4. The Morgan fingerprint density at radius 3 is 2.06 bits per heavy atom. The van der Waals surface area contributed by atoms with Crippen molar-refractivity contribution in [2.75, 3.05) is 31.1 Å². The number of carbonyl (C=O) groups excluding carboxylic acids is 3. The highest BCUT2D eigenvalue weighted by Gasteiger charge is 2.55. The number of β-lactam (4-membered cyclic amide) rings is 1. The van der Waals surface area contributed by atoms with Gasteiger partial charge in [-0.2, -0.15) is 0 Å². The molecule has 0 spiro atoms. The molecule has 12 heteroatoms. The highest BCUT2D eigenvalue weighted by molar-refractivity contribution is 6.30. The number of aromatic nitrogens is 2. The van der Waals surface area contributed by atoms with Gasteiger partial charge in [0, 0.05) is 49.4 Å². The molecule has 54 heavy (non-hydrogen) atoms. The van der Waals surface area contributed by atoms with E-state index in [1.807, 2.05) is 79.7 Å². The fraction of sp³-hybridized carbons (Fsp3) is 0.262. The summed E-state index contributed by atoms with van der Waals surface area (Å²) < 4.78 is 10.7. The Labute approximate surface area is 320 Å². The second-order valence-corrected chi connectivity index (χ2v) is 13.5. The van der Waals surface area contributed by atoms with Crippen molar-refractivity contribution in [1.29, 1.82) is 0 Å². The number of nitrogens with zero attached hydrogens (tertiary/aromatic N) is 5. The van der Waals surface area contributed by atoms with E-state index >= 15 is 0 Å². The van der Waals surface area contributed by atoms with Crippen LogP contribution in [-0.4, -0.2) is 60.0 Å². The van der Waals surface area contributed by atoms with Gasteiger partial charge in [-0.3, -0.25) is 19.5 Å². The Kier molecular flexibility index (Phi) is 12.1. The minimum Gasteiger partial charge on any atom is -0.497 e. The summed E-state index contributed by atoms with van der Waals surface area (Å²) in [5.41, 5.74) is 4.32. The number of anilines is 2. The molecule has 3 aromatic carbocycles. The molecule has 4 amide bonds. The Bertz CT molecular complexity index is 2020. The van der Waals surface area contributed by atoms with E-state index in [0.29, 0.717) is 36.0 Å². The van der Waals surface area contributed by atoms with E-state index in [-0.39, 0.29) is 12.3 Å². The van der Waals surface area contributed by atoms with Crippen LogP contribution in [0.25, 0.3) is 0 Å². The van der Waals surface area contributed by atoms with Crippen LogP contribution < -0.4 is 24.6 Å². The molecular weight excluding hydrogens is 704 g/mol. The van der Waals surface area contributed by atoms with Crippen molar-refractivity contribution in [2.45, 2.75) is 44.9 Å². The van der Waals surface area contributed by atoms with E-state index in [4.69, 9.17) is 26.1 Å². The van der Waals surface area contributed by atoms with Gasteiger partial charge in [0.15, 0.2) is 0 Å². The van der Waals surface area contributed by atoms with E-state index in [9.17, 15) is 14.4 Å². The van der Waals surface area contributed by atoms with Gasteiger partial charge in [-0.1, -0.05) is 54.9 Å². The van der Waals surface area contributed by atoms with Gasteiger partial charge < -0.3 is 24.6 Å². The Balaban J connectivity index is 1.27. The van der Waals surface area contributed by atoms with E-state index in [0.717, 1.165) is 38.7 Å². The molecule has 0 saturated carbocycles. The first kappa shape index (κ1) is 37.8. The van der Waals surface area contributed by atoms with E-state index in [1.54, 1.807) is 64.1 Å². The molecule has 0 bridgehead atoms. The average molecular weight is 747 g/mol. The predicted octanol–water partition coefficient (Wildman–Crippen LogP) is 7.25. The zero-order valence-corrected chi connectivity index (χ0v) is 31.4. The summed E-state index contributed by atoms with van der Waals surface area (Å²) in [5, 5.41) is 3.51. The first-order valence-electron chi connectivity index (χ1n) is 17.7. The van der Waals surface area contributed by atoms with Crippen molar-refractivity contribution >= 4 is 41.0 Å². The van der Waals surface area contributed by atoms with Crippen LogP contribution in [0.1, 0.15) is 41.6 Å².